The molecule has 7 heteroatoms. The van der Waals surface area contributed by atoms with Crippen LogP contribution < -0.4 is 19.8 Å². The molecule has 6 nitrogen and oxygen atoms in total. The number of nitrogens with one attached hydrogen (secondary N) is 1. The molecule has 2 heterocycles. The van der Waals surface area contributed by atoms with Crippen molar-refractivity contribution in [1.82, 2.24) is 9.97 Å². The highest BCUT2D eigenvalue weighted by molar-refractivity contribution is 7.99. The molecule has 1 N–H and O–H groups in total. The van der Waals surface area contributed by atoms with E-state index >= 15 is 0 Å². The third-order valence-electron chi connectivity index (χ3n) is 3.72. The van der Waals surface area contributed by atoms with Crippen LogP contribution >= 0.6 is 11.8 Å². The average molecular weight is 368 g/mol. The first-order valence-electron chi connectivity index (χ1n) is 8.10. The van der Waals surface area contributed by atoms with Gasteiger partial charge in [-0.3, -0.25) is 4.79 Å². The number of fused-ring (bicyclic) bond motifs is 1. The molecule has 1 aromatic heterocycles. The van der Waals surface area contributed by atoms with E-state index < -0.39 is 0 Å². The molecular formula is C19H16N2O4S. The number of hydrogen-bond donors (Lipinski definition) is 1. The Morgan fingerprint density at radius 3 is 2.81 bits per heavy atom. The van der Waals surface area contributed by atoms with Gasteiger partial charge < -0.3 is 19.2 Å². The van der Waals surface area contributed by atoms with E-state index in [9.17, 15) is 4.79 Å². The Labute approximate surface area is 154 Å². The molecule has 1 aliphatic rings. The number of hydrogen-bond acceptors (Lipinski definition) is 6. The zero-order valence-corrected chi connectivity index (χ0v) is 14.6. The van der Waals surface area contributed by atoms with Crippen LogP contribution in [0.25, 0.3) is 11.3 Å². The maximum absolute atomic E-state index is 11.9. The van der Waals surface area contributed by atoms with Crippen molar-refractivity contribution in [3.8, 4) is 28.5 Å². The molecule has 0 spiro atoms. The summed E-state index contributed by atoms with van der Waals surface area (Å²) in [4.78, 5) is 19.1. The van der Waals surface area contributed by atoms with E-state index in [0.717, 1.165) is 11.3 Å². The first kappa shape index (κ1) is 16.5. The fourth-order valence-corrected chi connectivity index (χ4v) is 3.22. The number of ether oxygens (including phenoxy) is 3. The zero-order valence-electron chi connectivity index (χ0n) is 13.8. The van der Waals surface area contributed by atoms with Crippen molar-refractivity contribution in [2.75, 3.05) is 19.2 Å². The number of aromatic amines is 1. The number of aromatic nitrogens is 2. The van der Waals surface area contributed by atoms with E-state index in [2.05, 4.69) is 9.97 Å². The minimum Gasteiger partial charge on any atom is -0.493 e. The second-order valence-corrected chi connectivity index (χ2v) is 6.60. The van der Waals surface area contributed by atoms with Crippen molar-refractivity contribution in [1.29, 1.82) is 0 Å². The summed E-state index contributed by atoms with van der Waals surface area (Å²) in [5.74, 6) is 2.78. The highest BCUT2D eigenvalue weighted by atomic mass is 32.2. The molecule has 1 aliphatic heterocycles. The number of nitrogens with zero attached hydrogens (tertiary/aromatic N) is 1. The van der Waals surface area contributed by atoms with Crippen LogP contribution in [0.4, 0.5) is 0 Å². The summed E-state index contributed by atoms with van der Waals surface area (Å²) in [6.45, 7) is 0.717. The van der Waals surface area contributed by atoms with E-state index in [-0.39, 0.29) is 12.4 Å². The van der Waals surface area contributed by atoms with E-state index in [1.807, 2.05) is 48.5 Å². The SMILES string of the molecule is O=c1cc(-c2ccccc2)nc(SCCOc2ccc3c(c2)OCO3)[nH]1. The lowest BCUT2D eigenvalue weighted by molar-refractivity contribution is 0.174. The van der Waals surface area contributed by atoms with Crippen molar-refractivity contribution >= 4 is 11.8 Å². The monoisotopic (exact) mass is 368 g/mol. The summed E-state index contributed by atoms with van der Waals surface area (Å²) >= 11 is 1.44. The highest BCUT2D eigenvalue weighted by Crippen LogP contribution is 2.35. The summed E-state index contributed by atoms with van der Waals surface area (Å²) in [7, 11) is 0. The van der Waals surface area contributed by atoms with Gasteiger partial charge in [0.25, 0.3) is 5.56 Å². The molecule has 0 fully saturated rings. The van der Waals surface area contributed by atoms with Gasteiger partial charge in [0, 0.05) is 23.4 Å². The molecule has 0 radical (unpaired) electrons. The third kappa shape index (κ3) is 3.83. The van der Waals surface area contributed by atoms with Gasteiger partial charge in [0.15, 0.2) is 16.7 Å². The predicted molar refractivity (Wildman–Crippen MR) is 99.1 cm³/mol. The van der Waals surface area contributed by atoms with E-state index in [1.165, 1.54) is 17.8 Å². The highest BCUT2D eigenvalue weighted by Gasteiger charge is 2.13. The van der Waals surface area contributed by atoms with Crippen LogP contribution in [0.3, 0.4) is 0 Å². The third-order valence-corrected chi connectivity index (χ3v) is 4.56. The second-order valence-electron chi connectivity index (χ2n) is 5.51. The molecule has 0 aliphatic carbocycles. The minimum absolute atomic E-state index is 0.168. The number of rotatable bonds is 6. The normalized spacial score (nSPS) is 12.2. The van der Waals surface area contributed by atoms with Crippen LogP contribution in [0.15, 0.2) is 64.5 Å². The smallest absolute Gasteiger partial charge is 0.252 e. The predicted octanol–water partition coefficient (Wildman–Crippen LogP) is 3.34. The van der Waals surface area contributed by atoms with Gasteiger partial charge in [-0.15, -0.1) is 0 Å². The summed E-state index contributed by atoms with van der Waals surface area (Å²) in [5, 5.41) is 0.575. The molecule has 3 aromatic rings. The first-order valence-corrected chi connectivity index (χ1v) is 9.08. The van der Waals surface area contributed by atoms with Crippen LogP contribution in [-0.2, 0) is 0 Å². The molecule has 0 atom stereocenters. The number of thioether (sulfide) groups is 1. The first-order chi connectivity index (χ1) is 12.8. The molecule has 0 bridgehead atoms. The molecule has 132 valence electrons. The Kier molecular flexibility index (Phi) is 4.79. The number of H-pyrrole nitrogens is 1. The summed E-state index contributed by atoms with van der Waals surface area (Å²) < 4.78 is 16.3. The lowest BCUT2D eigenvalue weighted by Crippen LogP contribution is -2.09. The summed E-state index contributed by atoms with van der Waals surface area (Å²) in [6.07, 6.45) is 0. The standard InChI is InChI=1S/C19H16N2O4S/c22-18-11-15(13-4-2-1-3-5-13)20-19(21-18)26-9-8-23-14-6-7-16-17(10-14)25-12-24-16/h1-7,10-11H,8-9,12H2,(H,20,21,22). The van der Waals surface area contributed by atoms with Crippen LogP contribution in [0, 0.1) is 0 Å². The van der Waals surface area contributed by atoms with E-state index in [4.69, 9.17) is 14.2 Å². The van der Waals surface area contributed by atoms with Crippen molar-refractivity contribution in [2.45, 2.75) is 5.16 Å². The quantitative estimate of drug-likeness (QED) is 0.409. The van der Waals surface area contributed by atoms with Crippen LogP contribution in [-0.4, -0.2) is 29.1 Å². The minimum atomic E-state index is -0.168. The molecule has 0 unspecified atom stereocenters. The Balaban J connectivity index is 1.36. The molecule has 0 saturated carbocycles. The lowest BCUT2D eigenvalue weighted by Gasteiger charge is -2.07. The van der Waals surface area contributed by atoms with Crippen LogP contribution in [0.2, 0.25) is 0 Å². The van der Waals surface area contributed by atoms with Gasteiger partial charge in [-0.1, -0.05) is 42.1 Å². The molecule has 2 aromatic carbocycles. The Bertz CT molecular complexity index is 959. The maximum atomic E-state index is 11.9. The van der Waals surface area contributed by atoms with Gasteiger partial charge in [0.1, 0.15) is 5.75 Å². The zero-order chi connectivity index (χ0) is 17.8. The van der Waals surface area contributed by atoms with Gasteiger partial charge in [-0.2, -0.15) is 0 Å². The van der Waals surface area contributed by atoms with Crippen molar-refractivity contribution in [2.24, 2.45) is 0 Å². The summed E-state index contributed by atoms with van der Waals surface area (Å²) in [6, 6.07) is 16.6. The molecular weight excluding hydrogens is 352 g/mol. The Morgan fingerprint density at radius 2 is 1.92 bits per heavy atom. The molecule has 0 amide bonds. The van der Waals surface area contributed by atoms with Crippen LogP contribution in [0.5, 0.6) is 17.2 Å². The lowest BCUT2D eigenvalue weighted by atomic mass is 10.1. The van der Waals surface area contributed by atoms with Gasteiger partial charge >= 0.3 is 0 Å². The summed E-state index contributed by atoms with van der Waals surface area (Å²) in [5.41, 5.74) is 1.41. The fraction of sp³-hybridized carbons (Fsp3) is 0.158. The van der Waals surface area contributed by atoms with E-state index in [0.29, 0.717) is 34.7 Å². The van der Waals surface area contributed by atoms with Gasteiger partial charge in [0.05, 0.1) is 12.3 Å². The molecule has 4 rings (SSSR count). The topological polar surface area (TPSA) is 73.4 Å². The Morgan fingerprint density at radius 1 is 1.08 bits per heavy atom. The van der Waals surface area contributed by atoms with Gasteiger partial charge in [-0.05, 0) is 12.1 Å². The molecule has 26 heavy (non-hydrogen) atoms. The van der Waals surface area contributed by atoms with Crippen molar-refractivity contribution in [3.05, 3.63) is 65.0 Å². The van der Waals surface area contributed by atoms with Crippen molar-refractivity contribution < 1.29 is 14.2 Å². The van der Waals surface area contributed by atoms with E-state index in [1.54, 1.807) is 0 Å². The Hall–Kier alpha value is -2.93. The fourth-order valence-electron chi connectivity index (χ4n) is 2.52. The van der Waals surface area contributed by atoms with Crippen LogP contribution in [0.1, 0.15) is 0 Å². The van der Waals surface area contributed by atoms with Crippen molar-refractivity contribution in [3.63, 3.8) is 0 Å². The largest absolute Gasteiger partial charge is 0.493 e. The average Bonchev–Trinajstić information content (AvgIpc) is 3.13. The maximum Gasteiger partial charge on any atom is 0.252 e. The second kappa shape index (κ2) is 7.53. The molecule has 0 saturated heterocycles. The van der Waals surface area contributed by atoms with Gasteiger partial charge in [0.2, 0.25) is 6.79 Å². The van der Waals surface area contributed by atoms with Gasteiger partial charge in [-0.25, -0.2) is 4.98 Å². The number of benzene rings is 2.